The molecule has 0 bridgehead atoms. The molecular weight excluding hydrogens is 248 g/mol. The number of amides is 1. The van der Waals surface area contributed by atoms with E-state index in [1.807, 2.05) is 30.3 Å². The van der Waals surface area contributed by atoms with E-state index in [0.29, 0.717) is 12.5 Å². The Kier molecular flexibility index (Phi) is 4.81. The highest BCUT2D eigenvalue weighted by Gasteiger charge is 2.34. The van der Waals surface area contributed by atoms with Crippen LogP contribution < -0.4 is 11.1 Å². The van der Waals surface area contributed by atoms with Crippen LogP contribution in [0.2, 0.25) is 0 Å². The number of benzene rings is 1. The van der Waals surface area contributed by atoms with Crippen molar-refractivity contribution >= 4 is 5.91 Å². The van der Waals surface area contributed by atoms with Crippen molar-refractivity contribution in [2.24, 2.45) is 11.7 Å². The van der Waals surface area contributed by atoms with Crippen LogP contribution in [-0.2, 0) is 4.79 Å². The Morgan fingerprint density at radius 2 is 2.00 bits per heavy atom. The van der Waals surface area contributed by atoms with Gasteiger partial charge in [0, 0.05) is 12.1 Å². The number of hydrogen-bond acceptors (Lipinski definition) is 2. The van der Waals surface area contributed by atoms with Crippen LogP contribution in [0, 0.1) is 5.92 Å². The Bertz CT molecular complexity index is 440. The van der Waals surface area contributed by atoms with Crippen molar-refractivity contribution in [3.8, 4) is 0 Å². The molecule has 110 valence electrons. The van der Waals surface area contributed by atoms with Crippen molar-refractivity contribution < 1.29 is 4.79 Å². The Balaban J connectivity index is 2.04. The third kappa shape index (κ3) is 3.40. The van der Waals surface area contributed by atoms with E-state index in [-0.39, 0.29) is 17.4 Å². The van der Waals surface area contributed by atoms with Crippen LogP contribution in [0.15, 0.2) is 30.3 Å². The summed E-state index contributed by atoms with van der Waals surface area (Å²) in [6.07, 6.45) is 4.21. The van der Waals surface area contributed by atoms with Gasteiger partial charge in [-0.1, -0.05) is 50.6 Å². The first-order chi connectivity index (χ1) is 9.56. The summed E-state index contributed by atoms with van der Waals surface area (Å²) in [4.78, 5) is 12.6. The molecule has 3 N–H and O–H groups in total. The second kappa shape index (κ2) is 6.40. The molecule has 0 radical (unpaired) electrons. The Morgan fingerprint density at radius 1 is 1.35 bits per heavy atom. The van der Waals surface area contributed by atoms with E-state index < -0.39 is 0 Å². The summed E-state index contributed by atoms with van der Waals surface area (Å²) in [7, 11) is 0. The first kappa shape index (κ1) is 15.0. The minimum Gasteiger partial charge on any atom is -0.354 e. The smallest absolute Gasteiger partial charge is 0.227 e. The highest BCUT2D eigenvalue weighted by Crippen LogP contribution is 2.30. The molecule has 3 nitrogen and oxygen atoms in total. The van der Waals surface area contributed by atoms with Gasteiger partial charge in [-0.2, -0.15) is 0 Å². The number of hydrogen-bond donors (Lipinski definition) is 2. The van der Waals surface area contributed by atoms with Crippen LogP contribution in [0.1, 0.15) is 51.0 Å². The quantitative estimate of drug-likeness (QED) is 0.838. The molecule has 1 fully saturated rings. The largest absolute Gasteiger partial charge is 0.354 e. The molecule has 20 heavy (non-hydrogen) atoms. The fourth-order valence-electron chi connectivity index (χ4n) is 2.82. The Hall–Kier alpha value is -1.35. The summed E-state index contributed by atoms with van der Waals surface area (Å²) in [6, 6.07) is 10.1. The van der Waals surface area contributed by atoms with Crippen LogP contribution in [0.4, 0.5) is 0 Å². The van der Waals surface area contributed by atoms with Crippen molar-refractivity contribution in [1.82, 2.24) is 5.32 Å². The van der Waals surface area contributed by atoms with Crippen LogP contribution >= 0.6 is 0 Å². The van der Waals surface area contributed by atoms with Gasteiger partial charge in [-0.05, 0) is 30.7 Å². The number of rotatable bonds is 6. The first-order valence-electron chi connectivity index (χ1n) is 7.67. The molecule has 1 aliphatic carbocycles. The minimum atomic E-state index is -0.160. The summed E-state index contributed by atoms with van der Waals surface area (Å²) in [5, 5.41) is 3.07. The highest BCUT2D eigenvalue weighted by atomic mass is 16.1. The van der Waals surface area contributed by atoms with E-state index in [1.54, 1.807) is 0 Å². The van der Waals surface area contributed by atoms with Gasteiger partial charge in [-0.15, -0.1) is 0 Å². The van der Waals surface area contributed by atoms with E-state index in [4.69, 9.17) is 5.73 Å². The third-order valence-electron chi connectivity index (χ3n) is 4.62. The average molecular weight is 274 g/mol. The third-order valence-corrected chi connectivity index (χ3v) is 4.62. The maximum absolute atomic E-state index is 12.6. The molecule has 0 spiro atoms. The molecule has 1 saturated carbocycles. The SMILES string of the molecule is CCC(C)C(C(=O)NCC1(N)CCC1)c1ccccc1. The summed E-state index contributed by atoms with van der Waals surface area (Å²) in [6.45, 7) is 4.87. The molecule has 0 saturated heterocycles. The fraction of sp³-hybridized carbons (Fsp3) is 0.588. The van der Waals surface area contributed by atoms with Gasteiger partial charge in [0.05, 0.1) is 5.92 Å². The molecule has 1 aromatic carbocycles. The van der Waals surface area contributed by atoms with E-state index >= 15 is 0 Å². The zero-order chi connectivity index (χ0) is 14.6. The Morgan fingerprint density at radius 3 is 2.50 bits per heavy atom. The molecule has 2 rings (SSSR count). The standard InChI is InChI=1S/C17H26N2O/c1-3-13(2)15(14-8-5-4-6-9-14)16(20)19-12-17(18)10-7-11-17/h4-6,8-9,13,15H,3,7,10-12,18H2,1-2H3,(H,19,20). The molecule has 1 aromatic rings. The van der Waals surface area contributed by atoms with Crippen molar-refractivity contribution in [2.45, 2.75) is 51.0 Å². The van der Waals surface area contributed by atoms with Crippen molar-refractivity contribution in [1.29, 1.82) is 0 Å². The van der Waals surface area contributed by atoms with Gasteiger partial charge >= 0.3 is 0 Å². The molecule has 0 aromatic heterocycles. The lowest BCUT2D eigenvalue weighted by molar-refractivity contribution is -0.124. The lowest BCUT2D eigenvalue weighted by Gasteiger charge is -2.38. The predicted molar refractivity (Wildman–Crippen MR) is 82.4 cm³/mol. The lowest BCUT2D eigenvalue weighted by atomic mass is 9.77. The average Bonchev–Trinajstić information content (AvgIpc) is 2.44. The van der Waals surface area contributed by atoms with Crippen LogP contribution in [-0.4, -0.2) is 18.0 Å². The molecule has 1 amide bonds. The van der Waals surface area contributed by atoms with Crippen molar-refractivity contribution in [3.05, 3.63) is 35.9 Å². The van der Waals surface area contributed by atoms with Gasteiger partial charge in [-0.25, -0.2) is 0 Å². The number of carbonyl (C=O) groups excluding carboxylic acids is 1. The minimum absolute atomic E-state index is 0.0788. The Labute approximate surface area is 121 Å². The maximum atomic E-state index is 12.6. The summed E-state index contributed by atoms with van der Waals surface area (Å²) in [5.74, 6) is 0.361. The molecule has 1 aliphatic rings. The summed E-state index contributed by atoms with van der Waals surface area (Å²) in [5.41, 5.74) is 7.12. The molecule has 0 heterocycles. The highest BCUT2D eigenvalue weighted by molar-refractivity contribution is 5.84. The van der Waals surface area contributed by atoms with E-state index in [0.717, 1.165) is 24.8 Å². The lowest BCUT2D eigenvalue weighted by Crippen LogP contribution is -2.55. The second-order valence-corrected chi connectivity index (χ2v) is 6.21. The number of nitrogens with one attached hydrogen (secondary N) is 1. The van der Waals surface area contributed by atoms with Gasteiger partial charge < -0.3 is 11.1 Å². The van der Waals surface area contributed by atoms with E-state index in [9.17, 15) is 4.79 Å². The van der Waals surface area contributed by atoms with Crippen LogP contribution in [0.25, 0.3) is 0 Å². The molecule has 2 atom stereocenters. The fourth-order valence-corrected chi connectivity index (χ4v) is 2.82. The van der Waals surface area contributed by atoms with E-state index in [2.05, 4.69) is 19.2 Å². The summed E-state index contributed by atoms with van der Waals surface area (Å²) < 4.78 is 0. The number of nitrogens with two attached hydrogens (primary N) is 1. The molecule has 0 aliphatic heterocycles. The zero-order valence-corrected chi connectivity index (χ0v) is 12.6. The van der Waals surface area contributed by atoms with Gasteiger partial charge in [0.2, 0.25) is 5.91 Å². The van der Waals surface area contributed by atoms with Crippen LogP contribution in [0.3, 0.4) is 0 Å². The maximum Gasteiger partial charge on any atom is 0.227 e. The second-order valence-electron chi connectivity index (χ2n) is 6.21. The molecule has 2 unspecified atom stereocenters. The van der Waals surface area contributed by atoms with Gasteiger partial charge in [0.15, 0.2) is 0 Å². The molecular formula is C17H26N2O. The first-order valence-corrected chi connectivity index (χ1v) is 7.67. The van der Waals surface area contributed by atoms with Gasteiger partial charge in [0.1, 0.15) is 0 Å². The zero-order valence-electron chi connectivity index (χ0n) is 12.6. The monoisotopic (exact) mass is 274 g/mol. The topological polar surface area (TPSA) is 55.1 Å². The van der Waals surface area contributed by atoms with Gasteiger partial charge in [-0.3, -0.25) is 4.79 Å². The normalized spacial score (nSPS) is 19.8. The van der Waals surface area contributed by atoms with Gasteiger partial charge in [0.25, 0.3) is 0 Å². The van der Waals surface area contributed by atoms with Crippen LogP contribution in [0.5, 0.6) is 0 Å². The predicted octanol–water partition coefficient (Wildman–Crippen LogP) is 2.81. The number of carbonyl (C=O) groups is 1. The van der Waals surface area contributed by atoms with Crippen molar-refractivity contribution in [2.75, 3.05) is 6.54 Å². The molecule has 3 heteroatoms. The summed E-state index contributed by atoms with van der Waals surface area (Å²) >= 11 is 0. The van der Waals surface area contributed by atoms with Crippen molar-refractivity contribution in [3.63, 3.8) is 0 Å². The van der Waals surface area contributed by atoms with E-state index in [1.165, 1.54) is 6.42 Å².